The van der Waals surface area contributed by atoms with Crippen LogP contribution in [0.4, 0.5) is 17.1 Å². The number of anilines is 3. The third kappa shape index (κ3) is 5.18. The Bertz CT molecular complexity index is 3030. The lowest BCUT2D eigenvalue weighted by molar-refractivity contribution is 0.445. The van der Waals surface area contributed by atoms with E-state index in [-0.39, 0.29) is 0 Å². The third-order valence-electron chi connectivity index (χ3n) is 12.0. The van der Waals surface area contributed by atoms with Crippen molar-refractivity contribution < 1.29 is 4.42 Å². The van der Waals surface area contributed by atoms with Crippen LogP contribution in [-0.4, -0.2) is 4.57 Å². The van der Waals surface area contributed by atoms with E-state index in [1.54, 1.807) is 0 Å². The van der Waals surface area contributed by atoms with Crippen LogP contribution < -0.4 is 4.90 Å². The minimum atomic E-state index is 0.579. The predicted molar refractivity (Wildman–Crippen MR) is 232 cm³/mol. The molecular weight excluding hydrogens is 669 g/mol. The van der Waals surface area contributed by atoms with Crippen molar-refractivity contribution in [3.05, 3.63) is 181 Å². The highest BCUT2D eigenvalue weighted by atomic mass is 16.3. The average Bonchev–Trinajstić information content (AvgIpc) is 3.80. The Kier molecular flexibility index (Phi) is 7.58. The number of fused-ring (bicyclic) bond motifs is 7. The second-order valence-electron chi connectivity index (χ2n) is 15.1. The van der Waals surface area contributed by atoms with E-state index in [9.17, 15) is 0 Å². The normalized spacial score (nSPS) is 13.7. The Hall–Kier alpha value is -6.58. The van der Waals surface area contributed by atoms with E-state index < -0.39 is 0 Å². The molecule has 0 saturated heterocycles. The molecule has 10 aromatic rings. The van der Waals surface area contributed by atoms with Gasteiger partial charge in [-0.15, -0.1) is 0 Å². The second kappa shape index (κ2) is 13.1. The first-order valence-corrected chi connectivity index (χ1v) is 19.7. The fourth-order valence-electron chi connectivity index (χ4n) is 9.52. The molecule has 0 radical (unpaired) electrons. The molecule has 1 aliphatic carbocycles. The summed E-state index contributed by atoms with van der Waals surface area (Å²) in [6.45, 7) is 0. The van der Waals surface area contributed by atoms with Gasteiger partial charge in [0.15, 0.2) is 5.58 Å². The summed E-state index contributed by atoms with van der Waals surface area (Å²) < 4.78 is 9.18. The fraction of sp³-hybridized carbons (Fsp3) is 0.115. The van der Waals surface area contributed by atoms with Gasteiger partial charge in [0.2, 0.25) is 0 Å². The Morgan fingerprint density at radius 1 is 0.491 bits per heavy atom. The van der Waals surface area contributed by atoms with Gasteiger partial charge < -0.3 is 13.9 Å². The smallest absolute Gasteiger partial charge is 0.159 e. The predicted octanol–water partition coefficient (Wildman–Crippen LogP) is 15.0. The van der Waals surface area contributed by atoms with Crippen molar-refractivity contribution >= 4 is 71.6 Å². The number of nitrogens with zero attached hydrogens (tertiary/aromatic N) is 2. The Labute approximate surface area is 320 Å². The number of rotatable bonds is 6. The molecule has 264 valence electrons. The molecule has 0 unspecified atom stereocenters. The summed E-state index contributed by atoms with van der Waals surface area (Å²) in [5.41, 5.74) is 12.5. The van der Waals surface area contributed by atoms with Gasteiger partial charge >= 0.3 is 0 Å². The largest absolute Gasteiger partial charge is 0.454 e. The Morgan fingerprint density at radius 3 is 2.05 bits per heavy atom. The molecule has 0 N–H and O–H groups in total. The summed E-state index contributed by atoms with van der Waals surface area (Å²) in [7, 11) is 0. The highest BCUT2D eigenvalue weighted by Gasteiger charge is 2.25. The maximum Gasteiger partial charge on any atom is 0.159 e. The Morgan fingerprint density at radius 2 is 1.16 bits per heavy atom. The molecule has 0 amide bonds. The maximum atomic E-state index is 6.80. The lowest BCUT2D eigenvalue weighted by Crippen LogP contribution is -2.12. The fourth-order valence-corrected chi connectivity index (χ4v) is 9.52. The summed E-state index contributed by atoms with van der Waals surface area (Å²) in [5.74, 6) is 0.579. The number of furan rings is 1. The molecule has 0 atom stereocenters. The van der Waals surface area contributed by atoms with Crippen LogP contribution in [0, 0.1) is 0 Å². The van der Waals surface area contributed by atoms with Gasteiger partial charge in [-0.2, -0.15) is 0 Å². The zero-order valence-corrected chi connectivity index (χ0v) is 30.7. The molecule has 0 bridgehead atoms. The molecular formula is C52H40N2O. The first kappa shape index (κ1) is 31.9. The van der Waals surface area contributed by atoms with Crippen LogP contribution >= 0.6 is 0 Å². The van der Waals surface area contributed by atoms with Gasteiger partial charge in [-0.25, -0.2) is 0 Å². The van der Waals surface area contributed by atoms with Gasteiger partial charge in [-0.3, -0.25) is 0 Å². The Balaban J connectivity index is 1.20. The van der Waals surface area contributed by atoms with E-state index >= 15 is 0 Å². The molecule has 2 heterocycles. The van der Waals surface area contributed by atoms with E-state index in [0.29, 0.717) is 5.92 Å². The summed E-state index contributed by atoms with van der Waals surface area (Å²) in [6.07, 6.45) is 6.46. The maximum absolute atomic E-state index is 6.80. The second-order valence-corrected chi connectivity index (χ2v) is 15.1. The molecule has 1 fully saturated rings. The molecule has 0 aliphatic heterocycles. The topological polar surface area (TPSA) is 21.3 Å². The quantitative estimate of drug-likeness (QED) is 0.171. The van der Waals surface area contributed by atoms with Crippen molar-refractivity contribution in [1.29, 1.82) is 0 Å². The lowest BCUT2D eigenvalue weighted by Gasteiger charge is -2.29. The molecule has 2 aromatic heterocycles. The molecule has 1 aliphatic rings. The molecule has 0 spiro atoms. The van der Waals surface area contributed by atoms with Crippen molar-refractivity contribution in [2.45, 2.75) is 38.0 Å². The summed E-state index contributed by atoms with van der Waals surface area (Å²) >= 11 is 0. The number of para-hydroxylation sites is 5. The monoisotopic (exact) mass is 708 g/mol. The first-order chi connectivity index (χ1) is 27.3. The molecule has 11 rings (SSSR count). The molecule has 55 heavy (non-hydrogen) atoms. The summed E-state index contributed by atoms with van der Waals surface area (Å²) in [4.78, 5) is 2.44. The van der Waals surface area contributed by atoms with Crippen molar-refractivity contribution in [2.24, 2.45) is 0 Å². The van der Waals surface area contributed by atoms with Gasteiger partial charge in [-0.05, 0) is 95.3 Å². The van der Waals surface area contributed by atoms with Crippen LogP contribution in [0.2, 0.25) is 0 Å². The minimum absolute atomic E-state index is 0.579. The minimum Gasteiger partial charge on any atom is -0.454 e. The third-order valence-corrected chi connectivity index (χ3v) is 12.0. The van der Waals surface area contributed by atoms with E-state index in [1.165, 1.54) is 81.4 Å². The van der Waals surface area contributed by atoms with Crippen molar-refractivity contribution in [2.75, 3.05) is 4.90 Å². The molecule has 8 aromatic carbocycles. The summed E-state index contributed by atoms with van der Waals surface area (Å²) in [6, 6.07) is 64.2. The zero-order chi connectivity index (χ0) is 36.3. The van der Waals surface area contributed by atoms with Crippen molar-refractivity contribution in [3.63, 3.8) is 0 Å². The van der Waals surface area contributed by atoms with Crippen LogP contribution in [0.25, 0.3) is 71.3 Å². The molecule has 1 saturated carbocycles. The van der Waals surface area contributed by atoms with Crippen LogP contribution in [0.5, 0.6) is 0 Å². The van der Waals surface area contributed by atoms with Crippen LogP contribution in [0.3, 0.4) is 0 Å². The highest BCUT2D eigenvalue weighted by molar-refractivity contribution is 6.14. The number of hydrogen-bond acceptors (Lipinski definition) is 2. The van der Waals surface area contributed by atoms with Gasteiger partial charge in [0.25, 0.3) is 0 Å². The van der Waals surface area contributed by atoms with E-state index in [0.717, 1.165) is 44.7 Å². The lowest BCUT2D eigenvalue weighted by atomic mass is 9.80. The number of aromatic nitrogens is 1. The molecule has 3 heteroatoms. The SMILES string of the molecule is c1ccc(-n2c3ccccc3c3cc(N(c4ccccc4-c4cccc5cccc(C6CCCCC6)c45)c4cccc5c4oc4ccccc45)ccc32)cc1. The van der Waals surface area contributed by atoms with Gasteiger partial charge in [0.05, 0.1) is 22.4 Å². The van der Waals surface area contributed by atoms with Crippen molar-refractivity contribution in [1.82, 2.24) is 4.57 Å². The highest BCUT2D eigenvalue weighted by Crippen LogP contribution is 2.49. The van der Waals surface area contributed by atoms with Crippen LogP contribution in [0.1, 0.15) is 43.6 Å². The average molecular weight is 709 g/mol. The number of benzene rings is 8. The summed E-state index contributed by atoms with van der Waals surface area (Å²) in [5, 5.41) is 7.36. The van der Waals surface area contributed by atoms with Crippen LogP contribution in [-0.2, 0) is 0 Å². The van der Waals surface area contributed by atoms with E-state index in [2.05, 4.69) is 185 Å². The standard InChI is InChI=1S/C52H40N2O/c1-3-16-35(17-4-1)39-25-13-18-36-19-14-26-43(51(36)39)40-22-7-10-28-46(40)54(49-30-15-27-44-42-24-9-12-31-50(42)55-52(44)49)38-32-33-48-45(34-38)41-23-8-11-29-47(41)53(48)37-20-5-2-6-21-37/h2,5-15,18-35H,1,3-4,16-17H2. The molecule has 3 nitrogen and oxygen atoms in total. The van der Waals surface area contributed by atoms with Crippen LogP contribution in [0.15, 0.2) is 180 Å². The van der Waals surface area contributed by atoms with Gasteiger partial charge in [0, 0.05) is 38.5 Å². The zero-order valence-electron chi connectivity index (χ0n) is 30.7. The number of hydrogen-bond donors (Lipinski definition) is 0. The van der Waals surface area contributed by atoms with Crippen molar-refractivity contribution in [3.8, 4) is 16.8 Å². The van der Waals surface area contributed by atoms with E-state index in [1.807, 2.05) is 0 Å². The van der Waals surface area contributed by atoms with E-state index in [4.69, 9.17) is 4.42 Å². The first-order valence-electron chi connectivity index (χ1n) is 19.7. The van der Waals surface area contributed by atoms with Gasteiger partial charge in [0.1, 0.15) is 5.58 Å². The van der Waals surface area contributed by atoms with Gasteiger partial charge in [-0.1, -0.05) is 141 Å².